The molecule has 0 saturated heterocycles. The van der Waals surface area contributed by atoms with Crippen LogP contribution in [0, 0.1) is 5.41 Å². The fourth-order valence-electron chi connectivity index (χ4n) is 2.63. The van der Waals surface area contributed by atoms with Crippen molar-refractivity contribution in [2.75, 3.05) is 0 Å². The van der Waals surface area contributed by atoms with Crippen LogP contribution in [0.25, 0.3) is 0 Å². The van der Waals surface area contributed by atoms with Crippen LogP contribution in [-0.2, 0) is 0 Å². The summed E-state index contributed by atoms with van der Waals surface area (Å²) in [7, 11) is 0. The van der Waals surface area contributed by atoms with Crippen LogP contribution in [0.15, 0.2) is 0 Å². The van der Waals surface area contributed by atoms with Crippen molar-refractivity contribution in [3.05, 3.63) is 0 Å². The Balaban J connectivity index is 0.000000791. The number of hydrogen-bond acceptors (Lipinski definition) is 0. The second-order valence-corrected chi connectivity index (χ2v) is 4.52. The molecule has 1 saturated carbocycles. The third-order valence-electron chi connectivity index (χ3n) is 3.72. The van der Waals surface area contributed by atoms with Gasteiger partial charge in [0.25, 0.3) is 0 Å². The van der Waals surface area contributed by atoms with E-state index >= 15 is 0 Å². The van der Waals surface area contributed by atoms with Crippen LogP contribution in [0.3, 0.4) is 0 Å². The van der Waals surface area contributed by atoms with Gasteiger partial charge in [0, 0.05) is 0 Å². The van der Waals surface area contributed by atoms with Crippen molar-refractivity contribution in [1.82, 2.24) is 0 Å². The molecule has 0 nitrogen and oxygen atoms in total. The largest absolute Gasteiger partial charge is 0.0683 e. The average Bonchev–Trinajstić information content (AvgIpc) is 2.30. The quantitative estimate of drug-likeness (QED) is 0.554. The van der Waals surface area contributed by atoms with Gasteiger partial charge in [0.2, 0.25) is 0 Å². The summed E-state index contributed by atoms with van der Waals surface area (Å²) in [6, 6.07) is 0. The van der Waals surface area contributed by atoms with E-state index in [4.69, 9.17) is 0 Å². The Bertz CT molecular complexity index is 109. The van der Waals surface area contributed by atoms with Crippen molar-refractivity contribution in [1.29, 1.82) is 0 Å². The predicted octanol–water partition coefficient (Wildman–Crippen LogP) is 5.56. The van der Waals surface area contributed by atoms with E-state index in [0.29, 0.717) is 0 Å². The Hall–Kier alpha value is 0. The maximum atomic E-state index is 2.39. The van der Waals surface area contributed by atoms with Gasteiger partial charge in [-0.15, -0.1) is 0 Å². The van der Waals surface area contributed by atoms with Crippen LogP contribution in [0.5, 0.6) is 0 Å². The first-order valence-corrected chi connectivity index (χ1v) is 6.83. The highest BCUT2D eigenvalue weighted by molar-refractivity contribution is 4.81. The molecule has 0 unspecified atom stereocenters. The lowest BCUT2D eigenvalue weighted by molar-refractivity contribution is 0.160. The van der Waals surface area contributed by atoms with E-state index in [9.17, 15) is 0 Å². The van der Waals surface area contributed by atoms with E-state index in [-0.39, 0.29) is 0 Å². The molecule has 0 N–H and O–H groups in total. The summed E-state index contributed by atoms with van der Waals surface area (Å²) in [6.07, 6.45) is 13.3. The lowest BCUT2D eigenvalue weighted by Gasteiger charge is -2.36. The van der Waals surface area contributed by atoms with Gasteiger partial charge in [0.15, 0.2) is 0 Å². The summed E-state index contributed by atoms with van der Waals surface area (Å²) in [6.45, 7) is 8.70. The number of unbranched alkanes of at least 4 members (excludes halogenated alkanes) is 1. The van der Waals surface area contributed by atoms with Crippen LogP contribution < -0.4 is 0 Å². The van der Waals surface area contributed by atoms with Gasteiger partial charge in [-0.05, 0) is 24.7 Å². The van der Waals surface area contributed by atoms with Gasteiger partial charge in [-0.25, -0.2) is 0 Å². The molecular weight excluding hydrogens is 168 g/mol. The second-order valence-electron chi connectivity index (χ2n) is 4.52. The van der Waals surface area contributed by atoms with Crippen LogP contribution >= 0.6 is 0 Å². The summed E-state index contributed by atoms with van der Waals surface area (Å²) in [5, 5.41) is 0. The van der Waals surface area contributed by atoms with Gasteiger partial charge in [0.05, 0.1) is 0 Å². The maximum Gasteiger partial charge on any atom is -0.0300 e. The molecule has 0 amide bonds. The average molecular weight is 198 g/mol. The van der Waals surface area contributed by atoms with E-state index < -0.39 is 0 Å². The zero-order valence-electron chi connectivity index (χ0n) is 10.9. The third-order valence-corrected chi connectivity index (χ3v) is 3.72. The van der Waals surface area contributed by atoms with Gasteiger partial charge in [-0.1, -0.05) is 66.2 Å². The van der Waals surface area contributed by atoms with Crippen LogP contribution in [-0.4, -0.2) is 0 Å². The van der Waals surface area contributed by atoms with Crippen molar-refractivity contribution in [2.45, 2.75) is 85.5 Å². The summed E-state index contributed by atoms with van der Waals surface area (Å²) >= 11 is 0. The molecule has 0 aromatic heterocycles. The SMILES string of the molecule is CC.CCCCC1(CC)CCCCC1. The minimum atomic E-state index is 0.772. The van der Waals surface area contributed by atoms with E-state index in [1.807, 2.05) is 13.8 Å². The zero-order chi connectivity index (χ0) is 10.9. The molecule has 0 aromatic carbocycles. The van der Waals surface area contributed by atoms with Crippen molar-refractivity contribution in [3.8, 4) is 0 Å². The first-order valence-electron chi connectivity index (χ1n) is 6.83. The highest BCUT2D eigenvalue weighted by atomic mass is 14.3. The summed E-state index contributed by atoms with van der Waals surface area (Å²) < 4.78 is 0. The molecule has 0 aromatic rings. The lowest BCUT2D eigenvalue weighted by Crippen LogP contribution is -2.22. The third kappa shape index (κ3) is 4.48. The Morgan fingerprint density at radius 1 is 0.929 bits per heavy atom. The fraction of sp³-hybridized carbons (Fsp3) is 1.00. The number of rotatable bonds is 4. The van der Waals surface area contributed by atoms with E-state index in [1.165, 1.54) is 57.8 Å². The second kappa shape index (κ2) is 8.32. The zero-order valence-corrected chi connectivity index (χ0v) is 10.9. The fourth-order valence-corrected chi connectivity index (χ4v) is 2.63. The molecule has 0 atom stereocenters. The van der Waals surface area contributed by atoms with Crippen LogP contribution in [0.4, 0.5) is 0 Å². The molecule has 1 rings (SSSR count). The molecule has 0 heteroatoms. The predicted molar refractivity (Wildman–Crippen MR) is 66.7 cm³/mol. The highest BCUT2D eigenvalue weighted by Gasteiger charge is 2.28. The number of hydrogen-bond donors (Lipinski definition) is 0. The van der Waals surface area contributed by atoms with Gasteiger partial charge >= 0.3 is 0 Å². The molecule has 0 aliphatic heterocycles. The molecule has 1 fully saturated rings. The molecule has 0 heterocycles. The monoisotopic (exact) mass is 198 g/mol. The molecule has 0 spiro atoms. The summed E-state index contributed by atoms with van der Waals surface area (Å²) in [4.78, 5) is 0. The Kier molecular flexibility index (Phi) is 8.32. The molecular formula is C14H30. The van der Waals surface area contributed by atoms with Crippen molar-refractivity contribution >= 4 is 0 Å². The van der Waals surface area contributed by atoms with Gasteiger partial charge in [-0.2, -0.15) is 0 Å². The van der Waals surface area contributed by atoms with E-state index in [2.05, 4.69) is 13.8 Å². The van der Waals surface area contributed by atoms with Crippen molar-refractivity contribution in [2.24, 2.45) is 5.41 Å². The summed E-state index contributed by atoms with van der Waals surface area (Å²) in [5.41, 5.74) is 0.772. The minimum Gasteiger partial charge on any atom is -0.0683 e. The van der Waals surface area contributed by atoms with Crippen LogP contribution in [0.2, 0.25) is 0 Å². The topological polar surface area (TPSA) is 0 Å². The van der Waals surface area contributed by atoms with E-state index in [1.54, 1.807) is 0 Å². The van der Waals surface area contributed by atoms with Crippen molar-refractivity contribution < 1.29 is 0 Å². The molecule has 1 aliphatic carbocycles. The Morgan fingerprint density at radius 2 is 1.50 bits per heavy atom. The summed E-state index contributed by atoms with van der Waals surface area (Å²) in [5.74, 6) is 0. The Labute approximate surface area is 91.5 Å². The lowest BCUT2D eigenvalue weighted by atomic mass is 9.69. The normalized spacial score (nSPS) is 19.7. The van der Waals surface area contributed by atoms with Crippen molar-refractivity contribution in [3.63, 3.8) is 0 Å². The Morgan fingerprint density at radius 3 is 1.93 bits per heavy atom. The standard InChI is InChI=1S/C12H24.C2H6/c1-3-5-9-12(4-2)10-7-6-8-11-12;1-2/h3-11H2,1-2H3;1-2H3. The first-order chi connectivity index (χ1) is 6.83. The molecule has 0 bridgehead atoms. The van der Waals surface area contributed by atoms with Gasteiger partial charge < -0.3 is 0 Å². The van der Waals surface area contributed by atoms with Crippen LogP contribution in [0.1, 0.15) is 85.5 Å². The van der Waals surface area contributed by atoms with E-state index in [0.717, 1.165) is 5.41 Å². The molecule has 0 radical (unpaired) electrons. The molecule has 1 aliphatic rings. The minimum absolute atomic E-state index is 0.772. The maximum absolute atomic E-state index is 2.39. The molecule has 86 valence electrons. The smallest absolute Gasteiger partial charge is 0.0300 e. The van der Waals surface area contributed by atoms with Gasteiger partial charge in [-0.3, -0.25) is 0 Å². The molecule has 14 heavy (non-hydrogen) atoms. The highest BCUT2D eigenvalue weighted by Crippen LogP contribution is 2.42. The van der Waals surface area contributed by atoms with Gasteiger partial charge in [0.1, 0.15) is 0 Å². The first kappa shape index (κ1) is 14.0.